The number of hydrogen-bond acceptors (Lipinski definition) is 4. The van der Waals surface area contributed by atoms with Crippen LogP contribution in [0.15, 0.2) is 48.5 Å². The van der Waals surface area contributed by atoms with E-state index in [4.69, 9.17) is 15.3 Å². The number of ether oxygens (including phenoxy) is 1. The molecule has 0 heterocycles. The monoisotopic (exact) mass is 319 g/mol. The Kier molecular flexibility index (Phi) is 5.94. The number of rotatable bonds is 6. The minimum atomic E-state index is -0.225. The van der Waals surface area contributed by atoms with E-state index in [1.165, 1.54) is 0 Å². The van der Waals surface area contributed by atoms with Gasteiger partial charge in [0, 0.05) is 12.1 Å². The van der Waals surface area contributed by atoms with Gasteiger partial charge in [0.1, 0.15) is 12.4 Å². The maximum atomic E-state index is 12.1. The first-order valence-corrected chi connectivity index (χ1v) is 7.52. The van der Waals surface area contributed by atoms with Crippen LogP contribution in [-0.4, -0.2) is 12.5 Å². The Bertz CT molecular complexity index is 785. The third-order valence-corrected chi connectivity index (χ3v) is 3.37. The predicted octanol–water partition coefficient (Wildman–Crippen LogP) is 3.03. The molecule has 5 nitrogen and oxygen atoms in total. The summed E-state index contributed by atoms with van der Waals surface area (Å²) in [5.74, 6) is 0.223. The van der Waals surface area contributed by atoms with E-state index in [0.29, 0.717) is 30.0 Å². The standard InChI is InChI=1S/C19H17N3O2/c1-14(10-20)12-22-19(23)17-4-2-3-16(9-17)13-24-18-7-5-15(11-21)6-8-18/h2-9,14H,12-13H2,1H3,(H,22,23)/t14-/m1/s1. The highest BCUT2D eigenvalue weighted by Gasteiger charge is 2.08. The minimum absolute atomic E-state index is 0.211. The molecule has 120 valence electrons. The van der Waals surface area contributed by atoms with Gasteiger partial charge in [0.2, 0.25) is 0 Å². The summed E-state index contributed by atoms with van der Waals surface area (Å²) in [7, 11) is 0. The van der Waals surface area contributed by atoms with Crippen molar-refractivity contribution in [3.8, 4) is 17.9 Å². The van der Waals surface area contributed by atoms with Crippen molar-refractivity contribution in [2.24, 2.45) is 5.92 Å². The van der Waals surface area contributed by atoms with Crippen molar-refractivity contribution < 1.29 is 9.53 Å². The van der Waals surface area contributed by atoms with E-state index in [1.807, 2.05) is 6.07 Å². The van der Waals surface area contributed by atoms with Gasteiger partial charge in [-0.1, -0.05) is 12.1 Å². The zero-order valence-electron chi connectivity index (χ0n) is 13.3. The molecule has 1 atom stereocenters. The Balaban J connectivity index is 1.95. The molecule has 5 heteroatoms. The molecule has 0 bridgehead atoms. The van der Waals surface area contributed by atoms with Crippen molar-refractivity contribution in [3.05, 3.63) is 65.2 Å². The molecule has 0 saturated carbocycles. The van der Waals surface area contributed by atoms with E-state index in [2.05, 4.69) is 17.5 Å². The summed E-state index contributed by atoms with van der Waals surface area (Å²) in [4.78, 5) is 12.1. The molecule has 0 fully saturated rings. The molecular formula is C19H17N3O2. The lowest BCUT2D eigenvalue weighted by Gasteiger charge is -2.09. The van der Waals surface area contributed by atoms with Gasteiger partial charge in [-0.05, 0) is 48.9 Å². The lowest BCUT2D eigenvalue weighted by Crippen LogP contribution is -2.27. The molecule has 2 rings (SSSR count). The second-order valence-corrected chi connectivity index (χ2v) is 5.37. The molecule has 24 heavy (non-hydrogen) atoms. The van der Waals surface area contributed by atoms with E-state index in [0.717, 1.165) is 5.56 Å². The second kappa shape index (κ2) is 8.36. The van der Waals surface area contributed by atoms with Crippen LogP contribution >= 0.6 is 0 Å². The van der Waals surface area contributed by atoms with E-state index >= 15 is 0 Å². The van der Waals surface area contributed by atoms with Crippen molar-refractivity contribution in [1.29, 1.82) is 10.5 Å². The summed E-state index contributed by atoms with van der Waals surface area (Å²) >= 11 is 0. The lowest BCUT2D eigenvalue weighted by atomic mass is 10.1. The third-order valence-electron chi connectivity index (χ3n) is 3.37. The number of nitrogens with zero attached hydrogens (tertiary/aromatic N) is 2. The van der Waals surface area contributed by atoms with Crippen LogP contribution in [0.3, 0.4) is 0 Å². The van der Waals surface area contributed by atoms with Crippen molar-refractivity contribution in [3.63, 3.8) is 0 Å². The first-order chi connectivity index (χ1) is 11.6. The van der Waals surface area contributed by atoms with Gasteiger partial charge in [0.05, 0.1) is 23.6 Å². The summed E-state index contributed by atoms with van der Waals surface area (Å²) in [6.45, 7) is 2.39. The molecule has 1 N–H and O–H groups in total. The number of benzene rings is 2. The van der Waals surface area contributed by atoms with Gasteiger partial charge in [-0.15, -0.1) is 0 Å². The smallest absolute Gasteiger partial charge is 0.251 e. The van der Waals surface area contributed by atoms with Crippen molar-refractivity contribution in [1.82, 2.24) is 5.32 Å². The molecule has 0 saturated heterocycles. The Morgan fingerprint density at radius 2 is 1.96 bits per heavy atom. The Morgan fingerprint density at radius 1 is 1.21 bits per heavy atom. The molecule has 2 aromatic rings. The van der Waals surface area contributed by atoms with E-state index < -0.39 is 0 Å². The highest BCUT2D eigenvalue weighted by atomic mass is 16.5. The van der Waals surface area contributed by atoms with Gasteiger partial charge >= 0.3 is 0 Å². The van der Waals surface area contributed by atoms with Crippen molar-refractivity contribution in [2.45, 2.75) is 13.5 Å². The van der Waals surface area contributed by atoms with Gasteiger partial charge in [0.25, 0.3) is 5.91 Å². The SMILES string of the molecule is C[C@H](C#N)CNC(=O)c1cccc(COc2ccc(C#N)cc2)c1. The molecule has 1 amide bonds. The molecule has 0 unspecified atom stereocenters. The quantitative estimate of drug-likeness (QED) is 0.886. The van der Waals surface area contributed by atoms with Crippen LogP contribution in [-0.2, 0) is 6.61 Å². The maximum Gasteiger partial charge on any atom is 0.251 e. The van der Waals surface area contributed by atoms with Crippen LogP contribution in [0.2, 0.25) is 0 Å². The number of carbonyl (C=O) groups excluding carboxylic acids is 1. The number of nitrogens with one attached hydrogen (secondary N) is 1. The first-order valence-electron chi connectivity index (χ1n) is 7.52. The van der Waals surface area contributed by atoms with Crippen LogP contribution in [0, 0.1) is 28.6 Å². The van der Waals surface area contributed by atoms with Crippen LogP contribution in [0.25, 0.3) is 0 Å². The number of hydrogen-bond donors (Lipinski definition) is 1. The van der Waals surface area contributed by atoms with Gasteiger partial charge in [-0.25, -0.2) is 0 Å². The molecule has 0 radical (unpaired) electrons. The number of amides is 1. The first kappa shape index (κ1) is 17.1. The summed E-state index contributed by atoms with van der Waals surface area (Å²) in [5, 5.41) is 20.2. The summed E-state index contributed by atoms with van der Waals surface area (Å²) in [5.41, 5.74) is 1.97. The van der Waals surface area contributed by atoms with E-state index in [9.17, 15) is 4.79 Å². The molecule has 2 aromatic carbocycles. The molecule has 0 spiro atoms. The molecular weight excluding hydrogens is 302 g/mol. The predicted molar refractivity (Wildman–Crippen MR) is 89.0 cm³/mol. The highest BCUT2D eigenvalue weighted by molar-refractivity contribution is 5.94. The molecule has 0 aliphatic heterocycles. The van der Waals surface area contributed by atoms with E-state index in [1.54, 1.807) is 49.4 Å². The van der Waals surface area contributed by atoms with Gasteiger partial charge in [-0.3, -0.25) is 4.79 Å². The van der Waals surface area contributed by atoms with E-state index in [-0.39, 0.29) is 11.8 Å². The van der Waals surface area contributed by atoms with Gasteiger partial charge in [-0.2, -0.15) is 10.5 Å². The summed E-state index contributed by atoms with van der Waals surface area (Å²) in [6, 6.07) is 18.1. The fraction of sp³-hybridized carbons (Fsp3) is 0.211. The topological polar surface area (TPSA) is 85.9 Å². The average molecular weight is 319 g/mol. The minimum Gasteiger partial charge on any atom is -0.489 e. The zero-order valence-corrected chi connectivity index (χ0v) is 13.3. The van der Waals surface area contributed by atoms with Crippen LogP contribution < -0.4 is 10.1 Å². The summed E-state index contributed by atoms with van der Waals surface area (Å²) in [6.07, 6.45) is 0. The van der Waals surface area contributed by atoms with Crippen molar-refractivity contribution >= 4 is 5.91 Å². The average Bonchev–Trinajstić information content (AvgIpc) is 2.64. The largest absolute Gasteiger partial charge is 0.489 e. The summed E-state index contributed by atoms with van der Waals surface area (Å²) < 4.78 is 5.66. The fourth-order valence-electron chi connectivity index (χ4n) is 1.99. The highest BCUT2D eigenvalue weighted by Crippen LogP contribution is 2.14. The van der Waals surface area contributed by atoms with Crippen LogP contribution in [0.1, 0.15) is 28.4 Å². The van der Waals surface area contributed by atoms with Crippen LogP contribution in [0.5, 0.6) is 5.75 Å². The second-order valence-electron chi connectivity index (χ2n) is 5.37. The Hall–Kier alpha value is -3.31. The lowest BCUT2D eigenvalue weighted by molar-refractivity contribution is 0.0950. The Labute approximate surface area is 141 Å². The fourth-order valence-corrected chi connectivity index (χ4v) is 1.99. The number of carbonyl (C=O) groups is 1. The van der Waals surface area contributed by atoms with Crippen LogP contribution in [0.4, 0.5) is 0 Å². The normalized spacial score (nSPS) is 11.0. The Morgan fingerprint density at radius 3 is 2.62 bits per heavy atom. The zero-order chi connectivity index (χ0) is 17.4. The molecule has 0 aliphatic rings. The third kappa shape index (κ3) is 4.86. The molecule has 0 aliphatic carbocycles. The molecule has 0 aromatic heterocycles. The maximum absolute atomic E-state index is 12.1. The number of nitriles is 2. The van der Waals surface area contributed by atoms with Crippen molar-refractivity contribution in [2.75, 3.05) is 6.54 Å². The van der Waals surface area contributed by atoms with Gasteiger partial charge < -0.3 is 10.1 Å². The van der Waals surface area contributed by atoms with Gasteiger partial charge in [0.15, 0.2) is 0 Å².